The summed E-state index contributed by atoms with van der Waals surface area (Å²) in [6, 6.07) is 0.00156. The highest BCUT2D eigenvalue weighted by molar-refractivity contribution is 5.78. The minimum Gasteiger partial charge on any atom is -0.354 e. The average Bonchev–Trinajstić information content (AvgIpc) is 2.74. The lowest BCUT2D eigenvalue weighted by Gasteiger charge is -2.23. The van der Waals surface area contributed by atoms with Crippen LogP contribution in [-0.2, 0) is 16.1 Å². The van der Waals surface area contributed by atoms with Crippen LogP contribution in [0.2, 0.25) is 0 Å². The molecule has 0 aromatic carbocycles. The van der Waals surface area contributed by atoms with E-state index in [1.807, 2.05) is 0 Å². The highest BCUT2D eigenvalue weighted by Gasteiger charge is 2.19. The molecule has 16 heavy (non-hydrogen) atoms. The second-order valence-electron chi connectivity index (χ2n) is 3.61. The van der Waals surface area contributed by atoms with Crippen molar-refractivity contribution in [3.05, 3.63) is 6.33 Å². The summed E-state index contributed by atoms with van der Waals surface area (Å²) in [5, 5.41) is 15.9. The van der Waals surface area contributed by atoms with E-state index in [4.69, 9.17) is 0 Å². The van der Waals surface area contributed by atoms with E-state index in [0.29, 0.717) is 19.4 Å². The summed E-state index contributed by atoms with van der Waals surface area (Å²) >= 11 is 0. The molecular formula is C8H12N6O2. The Labute approximate surface area is 91.4 Å². The Morgan fingerprint density at radius 3 is 3.19 bits per heavy atom. The molecule has 1 aromatic heterocycles. The SMILES string of the molecule is O=C1CCC(NC(=O)Cn2cnnn2)CN1. The molecule has 0 aliphatic carbocycles. The molecule has 2 rings (SSSR count). The molecule has 2 N–H and O–H groups in total. The van der Waals surface area contributed by atoms with Gasteiger partial charge in [-0.25, -0.2) is 4.68 Å². The zero-order valence-electron chi connectivity index (χ0n) is 8.59. The normalized spacial score (nSPS) is 20.2. The van der Waals surface area contributed by atoms with Crippen molar-refractivity contribution in [2.45, 2.75) is 25.4 Å². The molecule has 0 bridgehead atoms. The minimum atomic E-state index is -0.159. The van der Waals surface area contributed by atoms with Crippen LogP contribution in [0, 0.1) is 0 Å². The minimum absolute atomic E-state index is 0.00156. The maximum Gasteiger partial charge on any atom is 0.242 e. The molecule has 0 radical (unpaired) electrons. The summed E-state index contributed by atoms with van der Waals surface area (Å²) in [5.74, 6) is -0.126. The number of rotatable bonds is 3. The van der Waals surface area contributed by atoms with Gasteiger partial charge in [-0.3, -0.25) is 9.59 Å². The second-order valence-corrected chi connectivity index (χ2v) is 3.61. The number of hydrogen-bond donors (Lipinski definition) is 2. The maximum absolute atomic E-state index is 11.5. The molecule has 2 heterocycles. The summed E-state index contributed by atoms with van der Waals surface area (Å²) < 4.78 is 1.34. The lowest BCUT2D eigenvalue weighted by Crippen LogP contribution is -2.48. The fourth-order valence-corrected chi connectivity index (χ4v) is 1.53. The molecule has 1 unspecified atom stereocenters. The van der Waals surface area contributed by atoms with Crippen LogP contribution in [0.3, 0.4) is 0 Å². The molecule has 1 aliphatic rings. The van der Waals surface area contributed by atoms with Gasteiger partial charge in [-0.2, -0.15) is 0 Å². The van der Waals surface area contributed by atoms with Gasteiger partial charge in [-0.1, -0.05) is 0 Å². The van der Waals surface area contributed by atoms with Crippen molar-refractivity contribution in [2.75, 3.05) is 6.54 Å². The van der Waals surface area contributed by atoms with Gasteiger partial charge in [0, 0.05) is 19.0 Å². The molecule has 86 valence electrons. The van der Waals surface area contributed by atoms with Gasteiger partial charge in [-0.15, -0.1) is 5.10 Å². The monoisotopic (exact) mass is 224 g/mol. The van der Waals surface area contributed by atoms with E-state index in [2.05, 4.69) is 26.2 Å². The van der Waals surface area contributed by atoms with Crippen LogP contribution < -0.4 is 10.6 Å². The summed E-state index contributed by atoms with van der Waals surface area (Å²) in [6.07, 6.45) is 2.51. The first kappa shape index (κ1) is 10.5. The van der Waals surface area contributed by atoms with Crippen molar-refractivity contribution in [2.24, 2.45) is 0 Å². The van der Waals surface area contributed by atoms with Crippen LogP contribution in [0.4, 0.5) is 0 Å². The molecule has 2 amide bonds. The van der Waals surface area contributed by atoms with Gasteiger partial charge in [-0.05, 0) is 16.8 Å². The van der Waals surface area contributed by atoms with Crippen molar-refractivity contribution < 1.29 is 9.59 Å². The molecular weight excluding hydrogens is 212 g/mol. The summed E-state index contributed by atoms with van der Waals surface area (Å²) in [4.78, 5) is 22.4. The summed E-state index contributed by atoms with van der Waals surface area (Å²) in [6.45, 7) is 0.581. The van der Waals surface area contributed by atoms with E-state index in [1.165, 1.54) is 11.0 Å². The van der Waals surface area contributed by atoms with E-state index < -0.39 is 0 Å². The molecule has 8 heteroatoms. The lowest BCUT2D eigenvalue weighted by atomic mass is 10.1. The Bertz CT molecular complexity index is 366. The Hall–Kier alpha value is -1.99. The predicted molar refractivity (Wildman–Crippen MR) is 52.0 cm³/mol. The molecule has 1 fully saturated rings. The van der Waals surface area contributed by atoms with Crippen LogP contribution in [0.5, 0.6) is 0 Å². The van der Waals surface area contributed by atoms with Crippen LogP contribution in [0.25, 0.3) is 0 Å². The molecule has 8 nitrogen and oxygen atoms in total. The number of hydrogen-bond acceptors (Lipinski definition) is 5. The fraction of sp³-hybridized carbons (Fsp3) is 0.625. The van der Waals surface area contributed by atoms with Gasteiger partial charge in [0.05, 0.1) is 0 Å². The van der Waals surface area contributed by atoms with E-state index in [1.54, 1.807) is 0 Å². The molecule has 1 aliphatic heterocycles. The highest BCUT2D eigenvalue weighted by Crippen LogP contribution is 2.02. The smallest absolute Gasteiger partial charge is 0.242 e. The topological polar surface area (TPSA) is 102 Å². The number of nitrogens with zero attached hydrogens (tertiary/aromatic N) is 4. The number of piperidine rings is 1. The number of amides is 2. The molecule has 0 spiro atoms. The van der Waals surface area contributed by atoms with E-state index in [0.717, 1.165) is 0 Å². The Morgan fingerprint density at radius 1 is 1.69 bits per heavy atom. The molecule has 1 aromatic rings. The second kappa shape index (κ2) is 4.69. The first-order valence-electron chi connectivity index (χ1n) is 5.01. The van der Waals surface area contributed by atoms with Crippen molar-refractivity contribution in [1.29, 1.82) is 0 Å². The first-order valence-corrected chi connectivity index (χ1v) is 5.01. The quantitative estimate of drug-likeness (QED) is 0.622. The standard InChI is InChI=1S/C8H12N6O2/c15-7-2-1-6(3-9-7)11-8(16)4-14-5-10-12-13-14/h5-6H,1-4H2,(H,9,15)(H,11,16). The Balaban J connectivity index is 1.77. The van der Waals surface area contributed by atoms with Crippen LogP contribution in [0.15, 0.2) is 6.33 Å². The third-order valence-electron chi connectivity index (χ3n) is 2.33. The van der Waals surface area contributed by atoms with Crippen LogP contribution >= 0.6 is 0 Å². The van der Waals surface area contributed by atoms with Crippen molar-refractivity contribution in [3.8, 4) is 0 Å². The van der Waals surface area contributed by atoms with Crippen LogP contribution in [0.1, 0.15) is 12.8 Å². The summed E-state index contributed by atoms with van der Waals surface area (Å²) in [7, 11) is 0. The maximum atomic E-state index is 11.5. The molecule has 1 atom stereocenters. The highest BCUT2D eigenvalue weighted by atomic mass is 16.2. The van der Waals surface area contributed by atoms with Gasteiger partial charge >= 0.3 is 0 Å². The first-order chi connectivity index (χ1) is 7.74. The molecule has 1 saturated heterocycles. The Morgan fingerprint density at radius 2 is 2.56 bits per heavy atom. The number of tetrazole rings is 1. The van der Waals surface area contributed by atoms with E-state index in [9.17, 15) is 9.59 Å². The number of carbonyl (C=O) groups is 2. The van der Waals surface area contributed by atoms with E-state index in [-0.39, 0.29) is 24.4 Å². The fourth-order valence-electron chi connectivity index (χ4n) is 1.53. The lowest BCUT2D eigenvalue weighted by molar-refractivity contribution is -0.126. The Kier molecular flexibility index (Phi) is 3.08. The third kappa shape index (κ3) is 2.75. The van der Waals surface area contributed by atoms with Crippen LogP contribution in [-0.4, -0.2) is 44.6 Å². The predicted octanol–water partition coefficient (Wildman–Crippen LogP) is -1.93. The van der Waals surface area contributed by atoms with Crippen molar-refractivity contribution in [3.63, 3.8) is 0 Å². The number of aromatic nitrogens is 4. The summed E-state index contributed by atoms with van der Waals surface area (Å²) in [5.41, 5.74) is 0. The van der Waals surface area contributed by atoms with Gasteiger partial charge in [0.1, 0.15) is 12.9 Å². The third-order valence-corrected chi connectivity index (χ3v) is 2.33. The number of nitrogens with one attached hydrogen (secondary N) is 2. The molecule has 0 saturated carbocycles. The van der Waals surface area contributed by atoms with Crippen molar-refractivity contribution in [1.82, 2.24) is 30.8 Å². The van der Waals surface area contributed by atoms with Gasteiger partial charge in [0.25, 0.3) is 0 Å². The zero-order valence-corrected chi connectivity index (χ0v) is 8.59. The van der Waals surface area contributed by atoms with Gasteiger partial charge in [0.2, 0.25) is 11.8 Å². The number of carbonyl (C=O) groups excluding carboxylic acids is 2. The van der Waals surface area contributed by atoms with E-state index >= 15 is 0 Å². The van der Waals surface area contributed by atoms with Gasteiger partial charge in [0.15, 0.2) is 0 Å². The van der Waals surface area contributed by atoms with Gasteiger partial charge < -0.3 is 10.6 Å². The zero-order chi connectivity index (χ0) is 11.4. The van der Waals surface area contributed by atoms with Crippen molar-refractivity contribution >= 4 is 11.8 Å². The largest absolute Gasteiger partial charge is 0.354 e. The average molecular weight is 224 g/mol.